The SMILES string of the molecule is Cc1cc(C(C)(C)C)ccc1N1c2ccc(C(C)(C)C)cc2B2c3ccc(C(C)(C)C)cc3N(c3ccc(C(C)(C)C)cc3C)c3cc(C45CC6CC(CC(C6)C4)C5)cc1c32. The van der Waals surface area contributed by atoms with Crippen molar-refractivity contribution in [3.63, 3.8) is 0 Å². The van der Waals surface area contributed by atoms with E-state index in [1.165, 1.54) is 122 Å². The van der Waals surface area contributed by atoms with Crippen LogP contribution in [0.2, 0.25) is 0 Å². The Hall–Kier alpha value is -4.24. The molecule has 4 saturated carbocycles. The van der Waals surface area contributed by atoms with Gasteiger partial charge in [-0.15, -0.1) is 0 Å². The van der Waals surface area contributed by atoms with Crippen LogP contribution >= 0.6 is 0 Å². The summed E-state index contributed by atoms with van der Waals surface area (Å²) in [7, 11) is 0. The van der Waals surface area contributed by atoms with Crippen LogP contribution in [0.25, 0.3) is 0 Å². The maximum absolute atomic E-state index is 2.75. The Morgan fingerprint density at radius 3 is 1.26 bits per heavy atom. The minimum Gasteiger partial charge on any atom is -0.311 e. The number of hydrogen-bond donors (Lipinski definition) is 0. The number of nitrogens with zero attached hydrogens (tertiary/aromatic N) is 2. The summed E-state index contributed by atoms with van der Waals surface area (Å²) in [6.45, 7) is 33.1. The third-order valence-corrected chi connectivity index (χ3v) is 16.1. The monoisotopic (exact) mass is 807 g/mol. The maximum atomic E-state index is 2.75. The van der Waals surface area contributed by atoms with Crippen molar-refractivity contribution in [2.24, 2.45) is 17.8 Å². The van der Waals surface area contributed by atoms with Gasteiger partial charge in [-0.3, -0.25) is 0 Å². The summed E-state index contributed by atoms with van der Waals surface area (Å²) < 4.78 is 0. The normalized spacial score (nSPS) is 23.0. The fourth-order valence-electron chi connectivity index (χ4n) is 13.0. The van der Waals surface area contributed by atoms with Crippen LogP contribution in [0, 0.1) is 31.6 Å². The molecule has 0 atom stereocenters. The predicted molar refractivity (Wildman–Crippen MR) is 265 cm³/mol. The molecule has 0 saturated heterocycles. The summed E-state index contributed by atoms with van der Waals surface area (Å²) >= 11 is 0. The average molecular weight is 807 g/mol. The number of anilines is 6. The molecule has 5 aromatic carbocycles. The summed E-state index contributed by atoms with van der Waals surface area (Å²) in [5.74, 6) is 2.60. The Morgan fingerprint density at radius 1 is 0.426 bits per heavy atom. The summed E-state index contributed by atoms with van der Waals surface area (Å²) in [5, 5.41) is 0. The Morgan fingerprint density at radius 2 is 0.820 bits per heavy atom. The lowest BCUT2D eigenvalue weighted by atomic mass is 9.33. The van der Waals surface area contributed by atoms with E-state index < -0.39 is 0 Å². The number of hydrogen-bond acceptors (Lipinski definition) is 2. The standard InChI is InChI=1S/C58H71BN2/c1-35-23-40(54(3,4)5)16-20-47(35)60-49-22-18-42(56(9,10)11)28-46(49)59-45-19-15-43(57(12,13)14)29-50(45)61(48-21-17-41(24-36(48)2)55(6,7)8)52-31-44(30-51(60)53(52)59)58-32-37-25-38(33-58)27-39(26-37)34-58/h15-24,28-31,37-39H,25-27,32-34H2,1-14H3. The van der Waals surface area contributed by atoms with Gasteiger partial charge < -0.3 is 9.80 Å². The molecule has 2 nitrogen and oxygen atoms in total. The van der Waals surface area contributed by atoms with E-state index in [4.69, 9.17) is 0 Å². The number of fused-ring (bicyclic) bond motifs is 4. The van der Waals surface area contributed by atoms with E-state index in [0.717, 1.165) is 17.8 Å². The van der Waals surface area contributed by atoms with Gasteiger partial charge in [0.1, 0.15) is 0 Å². The Kier molecular flexibility index (Phi) is 8.96. The second-order valence-electron chi connectivity index (χ2n) is 24.8. The third kappa shape index (κ3) is 6.56. The molecule has 11 rings (SSSR count). The molecule has 5 aromatic rings. The van der Waals surface area contributed by atoms with Gasteiger partial charge in [0.2, 0.25) is 0 Å². The van der Waals surface area contributed by atoms with E-state index in [2.05, 4.69) is 192 Å². The van der Waals surface area contributed by atoms with Gasteiger partial charge >= 0.3 is 0 Å². The molecular weight excluding hydrogens is 735 g/mol. The van der Waals surface area contributed by atoms with Crippen molar-refractivity contribution >= 4 is 57.2 Å². The minimum absolute atomic E-state index is 0.00966. The number of rotatable bonds is 3. The summed E-state index contributed by atoms with van der Waals surface area (Å²) in [5.41, 5.74) is 22.6. The zero-order valence-corrected chi connectivity index (χ0v) is 40.0. The van der Waals surface area contributed by atoms with Crippen LogP contribution in [0.5, 0.6) is 0 Å². The van der Waals surface area contributed by atoms with E-state index >= 15 is 0 Å². The van der Waals surface area contributed by atoms with Gasteiger partial charge in [0.05, 0.1) is 0 Å². The van der Waals surface area contributed by atoms with Gasteiger partial charge in [-0.1, -0.05) is 132 Å². The third-order valence-electron chi connectivity index (χ3n) is 16.1. The molecule has 0 radical (unpaired) electrons. The van der Waals surface area contributed by atoms with E-state index in [0.29, 0.717) is 0 Å². The minimum atomic E-state index is 0.00966. The Labute approximate surface area is 369 Å². The van der Waals surface area contributed by atoms with Crippen molar-refractivity contribution in [2.75, 3.05) is 9.80 Å². The molecule has 6 aliphatic rings. The van der Waals surface area contributed by atoms with E-state index in [1.807, 2.05) is 0 Å². The highest BCUT2D eigenvalue weighted by molar-refractivity contribution is 7.00. The first kappa shape index (κ1) is 40.8. The largest absolute Gasteiger partial charge is 0.311 e. The Bertz CT molecular complexity index is 2560. The molecule has 61 heavy (non-hydrogen) atoms. The van der Waals surface area contributed by atoms with E-state index in [1.54, 1.807) is 5.56 Å². The first-order valence-corrected chi connectivity index (χ1v) is 23.8. The summed E-state index contributed by atoms with van der Waals surface area (Å²) in [6.07, 6.45) is 8.37. The molecule has 0 N–H and O–H groups in total. The smallest absolute Gasteiger partial charge is 0.252 e. The fourth-order valence-corrected chi connectivity index (χ4v) is 13.0. The topological polar surface area (TPSA) is 6.48 Å². The molecule has 0 aromatic heterocycles. The first-order chi connectivity index (χ1) is 28.5. The van der Waals surface area contributed by atoms with Crippen molar-refractivity contribution in [1.29, 1.82) is 0 Å². The quantitative estimate of drug-likeness (QED) is 0.164. The van der Waals surface area contributed by atoms with Crippen molar-refractivity contribution in [2.45, 2.75) is 163 Å². The molecule has 3 heteroatoms. The lowest BCUT2D eigenvalue weighted by molar-refractivity contribution is -0.00514. The molecule has 4 bridgehead atoms. The molecule has 316 valence electrons. The fraction of sp³-hybridized carbons (Fsp3) is 0.483. The lowest BCUT2D eigenvalue weighted by Crippen LogP contribution is -2.62. The highest BCUT2D eigenvalue weighted by Gasteiger charge is 2.53. The van der Waals surface area contributed by atoms with Gasteiger partial charge in [0, 0.05) is 34.1 Å². The molecule has 4 fully saturated rings. The second kappa shape index (κ2) is 13.4. The lowest BCUT2D eigenvalue weighted by Gasteiger charge is -2.57. The highest BCUT2D eigenvalue weighted by atomic mass is 15.2. The maximum Gasteiger partial charge on any atom is 0.252 e. The van der Waals surface area contributed by atoms with Crippen LogP contribution in [-0.4, -0.2) is 6.71 Å². The van der Waals surface area contributed by atoms with Crippen LogP contribution < -0.4 is 26.2 Å². The predicted octanol–water partition coefficient (Wildman–Crippen LogP) is 14.0. The number of benzene rings is 5. The van der Waals surface area contributed by atoms with Gasteiger partial charge in [-0.2, -0.15) is 0 Å². The van der Waals surface area contributed by atoms with E-state index in [-0.39, 0.29) is 33.8 Å². The van der Waals surface area contributed by atoms with Gasteiger partial charge in [-0.05, 0) is 189 Å². The van der Waals surface area contributed by atoms with Gasteiger partial charge in [-0.25, -0.2) is 0 Å². The van der Waals surface area contributed by atoms with Crippen LogP contribution in [-0.2, 0) is 27.1 Å². The van der Waals surface area contributed by atoms with Crippen molar-refractivity contribution in [3.05, 3.63) is 124 Å². The van der Waals surface area contributed by atoms with Crippen molar-refractivity contribution in [3.8, 4) is 0 Å². The molecule has 0 amide bonds. The highest BCUT2D eigenvalue weighted by Crippen LogP contribution is 2.62. The zero-order chi connectivity index (χ0) is 43.3. The van der Waals surface area contributed by atoms with E-state index in [9.17, 15) is 0 Å². The van der Waals surface area contributed by atoms with Gasteiger partial charge in [0.15, 0.2) is 0 Å². The van der Waals surface area contributed by atoms with Gasteiger partial charge in [0.25, 0.3) is 6.71 Å². The average Bonchev–Trinajstić information content (AvgIpc) is 3.15. The van der Waals surface area contributed by atoms with Crippen molar-refractivity contribution < 1.29 is 0 Å². The molecule has 2 heterocycles. The molecule has 2 aliphatic heterocycles. The van der Waals surface area contributed by atoms with Crippen LogP contribution in [0.3, 0.4) is 0 Å². The molecule has 0 spiro atoms. The first-order valence-electron chi connectivity index (χ1n) is 23.8. The van der Waals surface area contributed by atoms with Crippen LogP contribution in [0.4, 0.5) is 34.1 Å². The van der Waals surface area contributed by atoms with Crippen molar-refractivity contribution in [1.82, 2.24) is 0 Å². The summed E-state index contributed by atoms with van der Waals surface area (Å²) in [4.78, 5) is 5.45. The summed E-state index contributed by atoms with van der Waals surface area (Å²) in [6, 6.07) is 35.2. The van der Waals surface area contributed by atoms with Crippen LogP contribution in [0.1, 0.15) is 161 Å². The molecule has 4 aliphatic carbocycles. The van der Waals surface area contributed by atoms with Crippen LogP contribution in [0.15, 0.2) is 84.9 Å². The zero-order valence-electron chi connectivity index (χ0n) is 40.0. The Balaban J connectivity index is 1.33. The molecule has 0 unspecified atom stereocenters. The molecular formula is C58H71BN2. The second-order valence-corrected chi connectivity index (χ2v) is 24.8. The number of aryl methyl sites for hydroxylation is 2.